The fourth-order valence-electron chi connectivity index (χ4n) is 0. The van der Waals surface area contributed by atoms with Crippen molar-refractivity contribution >= 4 is 0 Å². The average molecular weight is 145 g/mol. The maximum atomic E-state index is 8.36. The molecule has 0 rings (SSSR count). The van der Waals surface area contributed by atoms with Crippen molar-refractivity contribution < 1.29 is 29.8 Å². The molecule has 0 saturated carbocycles. The van der Waals surface area contributed by atoms with Gasteiger partial charge in [0.1, 0.15) is 0 Å². The molecule has 0 aromatic carbocycles. The van der Waals surface area contributed by atoms with Crippen molar-refractivity contribution in [2.45, 2.75) is 0 Å². The third-order valence-electron chi connectivity index (χ3n) is 0. The molecule has 0 aromatic rings. The van der Waals surface area contributed by atoms with Crippen LogP contribution in [0.2, 0.25) is 0 Å². The van der Waals surface area contributed by atoms with E-state index in [0.29, 0.717) is 0 Å². The third kappa shape index (κ3) is 625. The Morgan fingerprint density at radius 2 is 1.67 bits per heavy atom. The van der Waals surface area contributed by atoms with Crippen LogP contribution in [0.5, 0.6) is 0 Å². The first-order valence-corrected chi connectivity index (χ1v) is 0.565. The maximum absolute atomic E-state index is 8.36. The second kappa shape index (κ2) is 8.84. The van der Waals surface area contributed by atoms with Gasteiger partial charge in [0.05, 0.1) is 0 Å². The fourth-order valence-corrected chi connectivity index (χ4v) is 0. The van der Waals surface area contributed by atoms with E-state index < -0.39 is 5.09 Å². The predicted octanol–water partition coefficient (Wildman–Crippen LogP) is -0.188. The minimum absolute atomic E-state index is 0. The molecule has 0 amide bonds. The van der Waals surface area contributed by atoms with Crippen LogP contribution in [-0.2, 0) is 19.5 Å². The zero-order chi connectivity index (χ0) is 3.58. The molecular weight excluding hydrogens is 141 g/mol. The molecule has 0 aliphatic rings. The van der Waals surface area contributed by atoms with Crippen molar-refractivity contribution in [2.75, 3.05) is 0 Å². The maximum Gasteiger partial charge on any atom is 0.291 e. The molecule has 0 aliphatic heterocycles. The van der Waals surface area contributed by atoms with Gasteiger partial charge in [0, 0.05) is 19.5 Å². The number of hydrogen-bond acceptors (Lipinski definition) is 3. The summed E-state index contributed by atoms with van der Waals surface area (Å²) in [6.07, 6.45) is 0. The van der Waals surface area contributed by atoms with E-state index >= 15 is 0 Å². The van der Waals surface area contributed by atoms with Gasteiger partial charge < -0.3 is 11.4 Å². The Morgan fingerprint density at radius 1 is 1.67 bits per heavy atom. The normalized spacial score (nSPS) is 4.00. The Morgan fingerprint density at radius 3 is 1.67 bits per heavy atom. The van der Waals surface area contributed by atoms with Crippen molar-refractivity contribution in [3.8, 4) is 0 Å². The van der Waals surface area contributed by atoms with Crippen molar-refractivity contribution in [3.05, 3.63) is 10.1 Å². The quantitative estimate of drug-likeness (QED) is 0.280. The first kappa shape index (κ1) is 17.1. The summed E-state index contributed by atoms with van der Waals surface area (Å²) in [4.78, 5) is 8.36. The summed E-state index contributed by atoms with van der Waals surface area (Å²) in [6, 6.07) is 0. The van der Waals surface area contributed by atoms with Crippen LogP contribution in [-0.4, -0.2) is 10.3 Å². The smallest absolute Gasteiger partial charge is 0.291 e. The largest absolute Gasteiger partial charge is 0.344 e. The third-order valence-corrected chi connectivity index (χ3v) is 0. The molecular formula is H4N2O3Zn. The van der Waals surface area contributed by atoms with E-state index in [1.807, 2.05) is 0 Å². The topological polar surface area (TPSA) is 98.4 Å². The van der Waals surface area contributed by atoms with Crippen molar-refractivity contribution in [3.63, 3.8) is 0 Å². The van der Waals surface area contributed by atoms with E-state index in [2.05, 4.69) is 0 Å². The second-order valence-electron chi connectivity index (χ2n) is 0.238. The monoisotopic (exact) mass is 144 g/mol. The molecule has 0 fully saturated rings. The molecule has 0 heterocycles. The molecule has 0 aliphatic carbocycles. The summed E-state index contributed by atoms with van der Waals surface area (Å²) in [5.41, 5.74) is 0. The van der Waals surface area contributed by atoms with Gasteiger partial charge in [-0.2, -0.15) is 0 Å². The van der Waals surface area contributed by atoms with E-state index in [9.17, 15) is 0 Å². The first-order chi connectivity index (χ1) is 1.73. The zero-order valence-electron chi connectivity index (χ0n) is 3.13. The van der Waals surface area contributed by atoms with Crippen LogP contribution in [0.3, 0.4) is 0 Å². The molecule has 0 saturated heterocycles. The van der Waals surface area contributed by atoms with Gasteiger partial charge >= 0.3 is 0 Å². The SMILES string of the molecule is N.O=[N+]([O-])O.[Zn]. The molecule has 6 heteroatoms. The van der Waals surface area contributed by atoms with Crippen LogP contribution in [0.15, 0.2) is 0 Å². The molecule has 5 nitrogen and oxygen atoms in total. The van der Waals surface area contributed by atoms with E-state index in [1.54, 1.807) is 0 Å². The van der Waals surface area contributed by atoms with Gasteiger partial charge in [-0.05, 0) is 0 Å². The van der Waals surface area contributed by atoms with Gasteiger partial charge in [0.25, 0.3) is 5.09 Å². The van der Waals surface area contributed by atoms with Crippen molar-refractivity contribution in [1.29, 1.82) is 0 Å². The predicted molar refractivity (Wildman–Crippen MR) is 13.8 cm³/mol. The second-order valence-corrected chi connectivity index (χ2v) is 0.238. The summed E-state index contributed by atoms with van der Waals surface area (Å²) in [7, 11) is 0. The van der Waals surface area contributed by atoms with Crippen LogP contribution in [0, 0.1) is 10.1 Å². The van der Waals surface area contributed by atoms with E-state index in [1.165, 1.54) is 0 Å². The van der Waals surface area contributed by atoms with Crippen molar-refractivity contribution in [2.24, 2.45) is 0 Å². The van der Waals surface area contributed by atoms with Gasteiger partial charge in [-0.1, -0.05) is 0 Å². The van der Waals surface area contributed by atoms with Crippen LogP contribution < -0.4 is 6.15 Å². The Bertz CT molecular complexity index is 31.8. The summed E-state index contributed by atoms with van der Waals surface area (Å²) < 4.78 is 0. The van der Waals surface area contributed by atoms with Gasteiger partial charge in [-0.3, -0.25) is 0 Å². The van der Waals surface area contributed by atoms with Crippen molar-refractivity contribution in [1.82, 2.24) is 6.15 Å². The Balaban J connectivity index is -0.0000000450. The van der Waals surface area contributed by atoms with Crippen LogP contribution >= 0.6 is 0 Å². The molecule has 34 valence electrons. The van der Waals surface area contributed by atoms with Gasteiger partial charge in [0.2, 0.25) is 0 Å². The number of nitrogens with zero attached hydrogens (tertiary/aromatic N) is 1. The molecule has 0 atom stereocenters. The average Bonchev–Trinajstić information content (AvgIpc) is 0.811. The number of rotatable bonds is 0. The van der Waals surface area contributed by atoms with Gasteiger partial charge in [-0.25, -0.2) is 0 Å². The molecule has 0 radical (unpaired) electrons. The molecule has 0 bridgehead atoms. The zero-order valence-corrected chi connectivity index (χ0v) is 6.09. The summed E-state index contributed by atoms with van der Waals surface area (Å²) in [5, 5.41) is 13.6. The molecule has 0 unspecified atom stereocenters. The molecule has 0 spiro atoms. The van der Waals surface area contributed by atoms with E-state index in [4.69, 9.17) is 15.3 Å². The molecule has 6 heavy (non-hydrogen) atoms. The van der Waals surface area contributed by atoms with Crippen LogP contribution in [0.25, 0.3) is 0 Å². The van der Waals surface area contributed by atoms with Crippen LogP contribution in [0.1, 0.15) is 0 Å². The first-order valence-electron chi connectivity index (χ1n) is 0.565. The minimum atomic E-state index is -1.50. The van der Waals surface area contributed by atoms with Crippen LogP contribution in [0.4, 0.5) is 0 Å². The van der Waals surface area contributed by atoms with Gasteiger partial charge in [-0.15, -0.1) is 10.1 Å². The number of hydrogen-bond donors (Lipinski definition) is 2. The Labute approximate surface area is 46.8 Å². The molecule has 4 N–H and O–H groups in total. The van der Waals surface area contributed by atoms with Gasteiger partial charge in [0.15, 0.2) is 0 Å². The standard InChI is InChI=1S/HNO3.H3N.Zn/c2-1(3)4;;/h(H,2,3,4);1H3;. The molecule has 0 aromatic heterocycles. The minimum Gasteiger partial charge on any atom is -0.344 e. The van der Waals surface area contributed by atoms with E-state index in [0.717, 1.165) is 0 Å². The van der Waals surface area contributed by atoms with E-state index in [-0.39, 0.29) is 25.6 Å². The summed E-state index contributed by atoms with van der Waals surface area (Å²) in [5.74, 6) is 0. The summed E-state index contributed by atoms with van der Waals surface area (Å²) >= 11 is 0. The Hall–Kier alpha value is -0.217. The summed E-state index contributed by atoms with van der Waals surface area (Å²) in [6.45, 7) is 0. The Kier molecular flexibility index (Phi) is 25.2. The fraction of sp³-hybridized carbons (Fsp3) is 0.